The van der Waals surface area contributed by atoms with Gasteiger partial charge in [0.1, 0.15) is 5.82 Å². The fourth-order valence-electron chi connectivity index (χ4n) is 1.93. The summed E-state index contributed by atoms with van der Waals surface area (Å²) in [4.78, 5) is 8.89. The molecule has 2 rings (SSSR count). The minimum absolute atomic E-state index is 0.272. The Morgan fingerprint density at radius 2 is 1.83 bits per heavy atom. The Morgan fingerprint density at radius 1 is 1.17 bits per heavy atom. The second-order valence-electron chi connectivity index (χ2n) is 4.24. The van der Waals surface area contributed by atoms with Crippen molar-refractivity contribution in [2.45, 2.75) is 20.4 Å². The third-order valence-electron chi connectivity index (χ3n) is 2.86. The van der Waals surface area contributed by atoms with Gasteiger partial charge >= 0.3 is 0 Å². The Morgan fingerprint density at radius 3 is 2.39 bits per heavy atom. The predicted octanol–water partition coefficient (Wildman–Crippen LogP) is 2.62. The summed E-state index contributed by atoms with van der Waals surface area (Å²) in [6.45, 7) is 4.63. The Kier molecular flexibility index (Phi) is 3.67. The van der Waals surface area contributed by atoms with E-state index in [9.17, 15) is 4.39 Å². The van der Waals surface area contributed by atoms with Crippen molar-refractivity contribution >= 4 is 0 Å². The zero-order valence-corrected chi connectivity index (χ0v) is 10.8. The second-order valence-corrected chi connectivity index (χ2v) is 4.24. The van der Waals surface area contributed by atoms with Crippen LogP contribution in [0.4, 0.5) is 4.39 Å². The van der Waals surface area contributed by atoms with E-state index in [4.69, 9.17) is 0 Å². The summed E-state index contributed by atoms with van der Waals surface area (Å²) in [6.07, 6.45) is 0. The summed E-state index contributed by atoms with van der Waals surface area (Å²) in [5.74, 6) is 0.301. The molecule has 4 heteroatoms. The quantitative estimate of drug-likeness (QED) is 0.903. The van der Waals surface area contributed by atoms with Crippen LogP contribution in [0.3, 0.4) is 0 Å². The number of aryl methyl sites for hydroxylation is 2. The normalized spacial score (nSPS) is 10.7. The van der Waals surface area contributed by atoms with E-state index in [0.29, 0.717) is 11.4 Å². The van der Waals surface area contributed by atoms with Crippen molar-refractivity contribution in [1.82, 2.24) is 15.3 Å². The van der Waals surface area contributed by atoms with E-state index in [2.05, 4.69) is 15.3 Å². The minimum atomic E-state index is -0.272. The van der Waals surface area contributed by atoms with Crippen molar-refractivity contribution in [3.05, 3.63) is 47.0 Å². The standard InChI is InChI=1S/C14H16FN3/c1-9-13(8-16-3)10(2)18-14(17-9)11-5-4-6-12(15)7-11/h4-7,16H,8H2,1-3H3. The van der Waals surface area contributed by atoms with Gasteiger partial charge in [-0.15, -0.1) is 0 Å². The van der Waals surface area contributed by atoms with E-state index < -0.39 is 0 Å². The second kappa shape index (κ2) is 5.23. The third-order valence-corrected chi connectivity index (χ3v) is 2.86. The molecule has 0 spiro atoms. The number of aromatic nitrogens is 2. The first-order valence-corrected chi connectivity index (χ1v) is 5.86. The summed E-state index contributed by atoms with van der Waals surface area (Å²) in [7, 11) is 1.89. The number of halogens is 1. The largest absolute Gasteiger partial charge is 0.316 e. The van der Waals surface area contributed by atoms with Crippen LogP contribution < -0.4 is 5.32 Å². The Labute approximate surface area is 106 Å². The molecule has 0 atom stereocenters. The molecule has 0 saturated carbocycles. The maximum Gasteiger partial charge on any atom is 0.159 e. The van der Waals surface area contributed by atoms with Crippen LogP contribution in [0.1, 0.15) is 17.0 Å². The van der Waals surface area contributed by atoms with Gasteiger partial charge in [0.15, 0.2) is 5.82 Å². The van der Waals surface area contributed by atoms with Gasteiger partial charge in [0, 0.05) is 29.1 Å². The fourth-order valence-corrected chi connectivity index (χ4v) is 1.93. The molecule has 3 nitrogen and oxygen atoms in total. The SMILES string of the molecule is CNCc1c(C)nc(-c2cccc(F)c2)nc1C. The van der Waals surface area contributed by atoms with Crippen molar-refractivity contribution in [2.75, 3.05) is 7.05 Å². The molecule has 0 amide bonds. The Bertz CT molecular complexity index is 544. The van der Waals surface area contributed by atoms with Gasteiger partial charge in [-0.2, -0.15) is 0 Å². The predicted molar refractivity (Wildman–Crippen MR) is 69.7 cm³/mol. The first-order valence-electron chi connectivity index (χ1n) is 5.86. The highest BCUT2D eigenvalue weighted by Gasteiger charge is 2.09. The molecule has 0 bridgehead atoms. The lowest BCUT2D eigenvalue weighted by Crippen LogP contribution is -2.11. The molecular weight excluding hydrogens is 229 g/mol. The molecule has 0 aliphatic rings. The smallest absolute Gasteiger partial charge is 0.159 e. The maximum atomic E-state index is 13.2. The van der Waals surface area contributed by atoms with E-state index in [1.807, 2.05) is 27.0 Å². The zero-order chi connectivity index (χ0) is 13.1. The lowest BCUT2D eigenvalue weighted by Gasteiger charge is -2.10. The lowest BCUT2D eigenvalue weighted by molar-refractivity contribution is 0.628. The van der Waals surface area contributed by atoms with Gasteiger partial charge in [0.2, 0.25) is 0 Å². The molecule has 2 aromatic rings. The van der Waals surface area contributed by atoms with Crippen LogP contribution in [0.2, 0.25) is 0 Å². The molecule has 18 heavy (non-hydrogen) atoms. The maximum absolute atomic E-state index is 13.2. The van der Waals surface area contributed by atoms with Gasteiger partial charge in [0.25, 0.3) is 0 Å². The van der Waals surface area contributed by atoms with E-state index in [-0.39, 0.29) is 5.82 Å². The van der Waals surface area contributed by atoms with Crippen molar-refractivity contribution in [3.8, 4) is 11.4 Å². The zero-order valence-electron chi connectivity index (χ0n) is 10.8. The molecule has 0 fully saturated rings. The number of hydrogen-bond acceptors (Lipinski definition) is 3. The van der Waals surface area contributed by atoms with Crippen LogP contribution in [0, 0.1) is 19.7 Å². The number of benzene rings is 1. The molecular formula is C14H16FN3. The van der Waals surface area contributed by atoms with Gasteiger partial charge in [-0.3, -0.25) is 0 Å². The van der Waals surface area contributed by atoms with Gasteiger partial charge in [-0.1, -0.05) is 12.1 Å². The van der Waals surface area contributed by atoms with Crippen molar-refractivity contribution in [2.24, 2.45) is 0 Å². The molecule has 1 N–H and O–H groups in total. The monoisotopic (exact) mass is 245 g/mol. The van der Waals surface area contributed by atoms with Crippen LogP contribution >= 0.6 is 0 Å². The number of nitrogens with one attached hydrogen (secondary N) is 1. The Balaban J connectivity index is 2.48. The molecule has 94 valence electrons. The summed E-state index contributed by atoms with van der Waals surface area (Å²) < 4.78 is 13.2. The van der Waals surface area contributed by atoms with Gasteiger partial charge in [0.05, 0.1) is 0 Å². The molecule has 0 aliphatic heterocycles. The van der Waals surface area contributed by atoms with Crippen LogP contribution in [0.25, 0.3) is 11.4 Å². The lowest BCUT2D eigenvalue weighted by atomic mass is 10.1. The van der Waals surface area contributed by atoms with E-state index in [1.54, 1.807) is 6.07 Å². The molecule has 0 aliphatic carbocycles. The first-order chi connectivity index (χ1) is 8.61. The van der Waals surface area contributed by atoms with Crippen molar-refractivity contribution in [1.29, 1.82) is 0 Å². The van der Waals surface area contributed by atoms with Crippen LogP contribution in [-0.2, 0) is 6.54 Å². The Hall–Kier alpha value is -1.81. The van der Waals surface area contributed by atoms with Crippen molar-refractivity contribution in [3.63, 3.8) is 0 Å². The summed E-state index contributed by atoms with van der Waals surface area (Å²) in [6, 6.07) is 6.35. The van der Waals surface area contributed by atoms with Gasteiger partial charge < -0.3 is 5.32 Å². The number of hydrogen-bond donors (Lipinski definition) is 1. The number of rotatable bonds is 3. The summed E-state index contributed by atoms with van der Waals surface area (Å²) in [5, 5.41) is 3.09. The third kappa shape index (κ3) is 2.54. The van der Waals surface area contributed by atoms with Crippen LogP contribution in [0.15, 0.2) is 24.3 Å². The van der Waals surface area contributed by atoms with E-state index in [1.165, 1.54) is 12.1 Å². The van der Waals surface area contributed by atoms with E-state index in [0.717, 1.165) is 23.5 Å². The fraction of sp³-hybridized carbons (Fsp3) is 0.286. The van der Waals surface area contributed by atoms with Gasteiger partial charge in [-0.05, 0) is 33.0 Å². The highest BCUT2D eigenvalue weighted by Crippen LogP contribution is 2.19. The van der Waals surface area contributed by atoms with Crippen LogP contribution in [-0.4, -0.2) is 17.0 Å². The molecule has 1 aromatic heterocycles. The minimum Gasteiger partial charge on any atom is -0.316 e. The summed E-state index contributed by atoms with van der Waals surface area (Å²) >= 11 is 0. The van der Waals surface area contributed by atoms with Crippen LogP contribution in [0.5, 0.6) is 0 Å². The number of nitrogens with zero attached hydrogens (tertiary/aromatic N) is 2. The molecule has 0 saturated heterocycles. The average molecular weight is 245 g/mol. The molecule has 1 aromatic carbocycles. The highest BCUT2D eigenvalue weighted by molar-refractivity contribution is 5.55. The van der Waals surface area contributed by atoms with Gasteiger partial charge in [-0.25, -0.2) is 14.4 Å². The molecule has 0 unspecified atom stereocenters. The summed E-state index contributed by atoms with van der Waals surface area (Å²) in [5.41, 5.74) is 3.65. The van der Waals surface area contributed by atoms with E-state index >= 15 is 0 Å². The van der Waals surface area contributed by atoms with Crippen molar-refractivity contribution < 1.29 is 4.39 Å². The topological polar surface area (TPSA) is 37.8 Å². The molecule has 0 radical (unpaired) electrons. The average Bonchev–Trinajstić information content (AvgIpc) is 2.33. The highest BCUT2D eigenvalue weighted by atomic mass is 19.1. The molecule has 1 heterocycles. The first kappa shape index (κ1) is 12.6.